The lowest BCUT2D eigenvalue weighted by Crippen LogP contribution is -2.03. The molecule has 0 aliphatic carbocycles. The molecule has 1 heterocycles. The van der Waals surface area contributed by atoms with Crippen LogP contribution in [0.15, 0.2) is 72.9 Å². The van der Waals surface area contributed by atoms with Gasteiger partial charge in [0.1, 0.15) is 5.75 Å². The van der Waals surface area contributed by atoms with Crippen LogP contribution in [-0.2, 0) is 22.6 Å². The molecule has 0 saturated heterocycles. The number of methoxy groups -OCH3 is 1. The standard InChI is InChI=1S/C33H35NO7/c1-39-29-10-2-3-11-30(29)41-21-5-4-20-40-27-17-14-24(15-18-27)13-16-25-8-6-9-28-33(25)26(22-32(37)38)23-34(28)19-7-12-31(35)36/h2-3,6,8-11,13-18,23H,4-5,7,12,19-22H2,1H3,(H,35,36)(H,37,38)/b16-13+. The van der Waals surface area contributed by atoms with E-state index in [2.05, 4.69) is 0 Å². The van der Waals surface area contributed by atoms with Gasteiger partial charge < -0.3 is 29.0 Å². The van der Waals surface area contributed by atoms with Crippen LogP contribution in [0.25, 0.3) is 23.1 Å². The fourth-order valence-electron chi connectivity index (χ4n) is 4.67. The second kappa shape index (κ2) is 14.6. The summed E-state index contributed by atoms with van der Waals surface area (Å²) in [5.41, 5.74) is 3.50. The number of aromatic nitrogens is 1. The lowest BCUT2D eigenvalue weighted by Gasteiger charge is -2.10. The molecule has 1 aromatic heterocycles. The van der Waals surface area contributed by atoms with Crippen molar-refractivity contribution in [3.63, 3.8) is 0 Å². The normalized spacial score (nSPS) is 11.1. The van der Waals surface area contributed by atoms with Crippen LogP contribution < -0.4 is 14.2 Å². The van der Waals surface area contributed by atoms with E-state index in [-0.39, 0.29) is 12.8 Å². The Morgan fingerprint density at radius 1 is 0.805 bits per heavy atom. The fraction of sp³-hybridized carbons (Fsp3) is 0.273. The highest BCUT2D eigenvalue weighted by Crippen LogP contribution is 2.29. The molecule has 3 aromatic carbocycles. The average molecular weight is 558 g/mol. The third kappa shape index (κ3) is 8.38. The Bertz CT molecular complexity index is 1490. The van der Waals surface area contributed by atoms with E-state index in [1.807, 2.05) is 89.6 Å². The van der Waals surface area contributed by atoms with Crippen molar-refractivity contribution in [1.29, 1.82) is 0 Å². The van der Waals surface area contributed by atoms with E-state index < -0.39 is 11.9 Å². The van der Waals surface area contributed by atoms with Gasteiger partial charge in [0.25, 0.3) is 0 Å². The molecule has 41 heavy (non-hydrogen) atoms. The summed E-state index contributed by atoms with van der Waals surface area (Å²) in [5, 5.41) is 19.3. The van der Waals surface area contributed by atoms with Crippen molar-refractivity contribution < 1.29 is 34.0 Å². The number of carbonyl (C=O) groups is 2. The molecule has 214 valence electrons. The maximum atomic E-state index is 11.5. The lowest BCUT2D eigenvalue weighted by molar-refractivity contribution is -0.137. The predicted molar refractivity (Wildman–Crippen MR) is 159 cm³/mol. The molecule has 8 nitrogen and oxygen atoms in total. The maximum Gasteiger partial charge on any atom is 0.307 e. The second-order valence-corrected chi connectivity index (χ2v) is 9.61. The van der Waals surface area contributed by atoms with Crippen LogP contribution >= 0.6 is 0 Å². The first-order chi connectivity index (χ1) is 19.9. The Kier molecular flexibility index (Phi) is 10.4. The van der Waals surface area contributed by atoms with Gasteiger partial charge in [-0.3, -0.25) is 9.59 Å². The molecule has 0 unspecified atom stereocenters. The molecular formula is C33H35NO7. The molecule has 0 atom stereocenters. The molecule has 0 saturated carbocycles. The number of hydrogen-bond donors (Lipinski definition) is 2. The highest BCUT2D eigenvalue weighted by atomic mass is 16.5. The number of hydrogen-bond acceptors (Lipinski definition) is 5. The van der Waals surface area contributed by atoms with E-state index in [0.29, 0.717) is 31.7 Å². The monoisotopic (exact) mass is 557 g/mol. The largest absolute Gasteiger partial charge is 0.494 e. The van der Waals surface area contributed by atoms with Crippen LogP contribution in [0.5, 0.6) is 17.2 Å². The van der Waals surface area contributed by atoms with Crippen LogP contribution in [0.4, 0.5) is 0 Å². The Balaban J connectivity index is 1.34. The van der Waals surface area contributed by atoms with E-state index in [9.17, 15) is 14.7 Å². The maximum absolute atomic E-state index is 11.5. The lowest BCUT2D eigenvalue weighted by atomic mass is 10.0. The smallest absolute Gasteiger partial charge is 0.307 e. The first kappa shape index (κ1) is 29.3. The summed E-state index contributed by atoms with van der Waals surface area (Å²) in [6.07, 6.45) is 7.93. The van der Waals surface area contributed by atoms with Crippen LogP contribution in [0.3, 0.4) is 0 Å². The summed E-state index contributed by atoms with van der Waals surface area (Å²) in [6.45, 7) is 1.67. The predicted octanol–water partition coefficient (Wildman–Crippen LogP) is 6.55. The SMILES string of the molecule is COc1ccccc1OCCCCOc1ccc(/C=C/c2cccc3c2c(CC(=O)O)cn3CCCC(=O)O)cc1. The van der Waals surface area contributed by atoms with Crippen molar-refractivity contribution in [2.75, 3.05) is 20.3 Å². The second-order valence-electron chi connectivity index (χ2n) is 9.61. The van der Waals surface area contributed by atoms with Gasteiger partial charge in [-0.2, -0.15) is 0 Å². The van der Waals surface area contributed by atoms with Crippen molar-refractivity contribution in [3.05, 3.63) is 89.6 Å². The van der Waals surface area contributed by atoms with Gasteiger partial charge in [0.15, 0.2) is 11.5 Å². The topological polar surface area (TPSA) is 107 Å². The Morgan fingerprint density at radius 3 is 2.24 bits per heavy atom. The van der Waals surface area contributed by atoms with Gasteiger partial charge in [-0.15, -0.1) is 0 Å². The fourth-order valence-corrected chi connectivity index (χ4v) is 4.67. The minimum Gasteiger partial charge on any atom is -0.494 e. The number of unbranched alkanes of at least 4 members (excludes halogenated alkanes) is 1. The zero-order valence-corrected chi connectivity index (χ0v) is 23.1. The summed E-state index contributed by atoms with van der Waals surface area (Å²) in [7, 11) is 1.63. The number of aryl methyl sites for hydroxylation is 1. The number of carboxylic acids is 2. The zero-order chi connectivity index (χ0) is 29.0. The summed E-state index contributed by atoms with van der Waals surface area (Å²) >= 11 is 0. The van der Waals surface area contributed by atoms with Gasteiger partial charge in [-0.25, -0.2) is 0 Å². The van der Waals surface area contributed by atoms with E-state index >= 15 is 0 Å². The van der Waals surface area contributed by atoms with E-state index in [4.69, 9.17) is 19.3 Å². The van der Waals surface area contributed by atoms with Gasteiger partial charge in [0.05, 0.1) is 26.7 Å². The van der Waals surface area contributed by atoms with Crippen molar-refractivity contribution >= 4 is 35.0 Å². The summed E-state index contributed by atoms with van der Waals surface area (Å²) in [6, 6.07) is 21.2. The zero-order valence-electron chi connectivity index (χ0n) is 23.1. The molecule has 2 N–H and O–H groups in total. The third-order valence-corrected chi connectivity index (χ3v) is 6.62. The van der Waals surface area contributed by atoms with E-state index in [1.54, 1.807) is 7.11 Å². The first-order valence-electron chi connectivity index (χ1n) is 13.7. The molecule has 0 aliphatic heterocycles. The van der Waals surface area contributed by atoms with Crippen molar-refractivity contribution in [2.24, 2.45) is 0 Å². The number of carboxylic acid groups (broad SMARTS) is 2. The number of ether oxygens (including phenoxy) is 3. The number of nitrogens with zero attached hydrogens (tertiary/aromatic N) is 1. The number of fused-ring (bicyclic) bond motifs is 1. The summed E-state index contributed by atoms with van der Waals surface area (Å²) < 4.78 is 18.9. The van der Waals surface area contributed by atoms with Crippen molar-refractivity contribution in [1.82, 2.24) is 4.57 Å². The highest BCUT2D eigenvalue weighted by Gasteiger charge is 2.14. The molecule has 0 radical (unpaired) electrons. The molecule has 8 heteroatoms. The molecule has 0 aliphatic rings. The minimum atomic E-state index is -0.909. The molecular weight excluding hydrogens is 522 g/mol. The number of benzene rings is 3. The minimum absolute atomic E-state index is 0.0611. The molecule has 0 spiro atoms. The summed E-state index contributed by atoms with van der Waals surface area (Å²) in [5.74, 6) is 0.496. The highest BCUT2D eigenvalue weighted by molar-refractivity contribution is 5.96. The number of aliphatic carboxylic acids is 2. The Labute approximate surface area is 239 Å². The van der Waals surface area contributed by atoms with Gasteiger partial charge in [0, 0.05) is 30.1 Å². The van der Waals surface area contributed by atoms with E-state index in [1.165, 1.54) is 0 Å². The Hall–Kier alpha value is -4.72. The molecule has 4 aromatic rings. The van der Waals surface area contributed by atoms with Crippen molar-refractivity contribution in [3.8, 4) is 17.2 Å². The van der Waals surface area contributed by atoms with Crippen LogP contribution in [-0.4, -0.2) is 47.0 Å². The van der Waals surface area contributed by atoms with Crippen LogP contribution in [0, 0.1) is 0 Å². The molecule has 0 amide bonds. The first-order valence-corrected chi connectivity index (χ1v) is 13.7. The average Bonchev–Trinajstić information content (AvgIpc) is 3.31. The quantitative estimate of drug-likeness (QED) is 0.119. The Morgan fingerprint density at radius 2 is 1.54 bits per heavy atom. The van der Waals surface area contributed by atoms with Crippen LogP contribution in [0.2, 0.25) is 0 Å². The van der Waals surface area contributed by atoms with Gasteiger partial charge in [-0.1, -0.05) is 48.6 Å². The van der Waals surface area contributed by atoms with E-state index in [0.717, 1.165) is 52.1 Å². The summed E-state index contributed by atoms with van der Waals surface area (Å²) in [4.78, 5) is 22.5. The van der Waals surface area contributed by atoms with Gasteiger partial charge in [0.2, 0.25) is 0 Å². The van der Waals surface area contributed by atoms with Gasteiger partial charge in [-0.05, 0) is 66.3 Å². The van der Waals surface area contributed by atoms with Gasteiger partial charge >= 0.3 is 11.9 Å². The molecule has 0 fully saturated rings. The van der Waals surface area contributed by atoms with Crippen molar-refractivity contribution in [2.45, 2.75) is 38.6 Å². The third-order valence-electron chi connectivity index (χ3n) is 6.62. The van der Waals surface area contributed by atoms with Crippen LogP contribution in [0.1, 0.15) is 42.4 Å². The number of rotatable bonds is 16. The molecule has 4 rings (SSSR count). The number of para-hydroxylation sites is 2. The molecule has 0 bridgehead atoms.